The van der Waals surface area contributed by atoms with E-state index in [9.17, 15) is 0 Å². The minimum absolute atomic E-state index is 0.337. The van der Waals surface area contributed by atoms with E-state index in [1.54, 1.807) is 0 Å². The van der Waals surface area contributed by atoms with Crippen molar-refractivity contribution in [1.82, 2.24) is 5.32 Å². The molecule has 0 saturated carbocycles. The fourth-order valence-corrected chi connectivity index (χ4v) is 1.25. The lowest BCUT2D eigenvalue weighted by molar-refractivity contribution is 0.368. The van der Waals surface area contributed by atoms with Gasteiger partial charge in [-0.15, -0.1) is 0 Å². The highest BCUT2D eigenvalue weighted by atomic mass is 15.2. The molecule has 0 heterocycles. The van der Waals surface area contributed by atoms with E-state index in [4.69, 9.17) is 11.5 Å². The second-order valence-electron chi connectivity index (χ2n) is 5.32. The molecule has 5 heteroatoms. The molecule has 0 saturated heterocycles. The molecule has 0 aromatic carbocycles. The van der Waals surface area contributed by atoms with Crippen LogP contribution >= 0.6 is 0 Å². The van der Waals surface area contributed by atoms with Crippen molar-refractivity contribution in [1.29, 1.82) is 0 Å². The van der Waals surface area contributed by atoms with Gasteiger partial charge in [-0.1, -0.05) is 27.7 Å². The number of hydrogen-bond donors (Lipinski definition) is 3. The Bertz CT molecular complexity index is 263. The highest BCUT2D eigenvalue weighted by molar-refractivity contribution is 5.96. The largest absolute Gasteiger partial charge is 0.370 e. The van der Waals surface area contributed by atoms with Crippen molar-refractivity contribution in [3.63, 3.8) is 0 Å². The zero-order chi connectivity index (χ0) is 13.3. The Morgan fingerprint density at radius 3 is 2.06 bits per heavy atom. The number of nitrogens with two attached hydrogens (primary N) is 2. The predicted octanol–water partition coefficient (Wildman–Crippen LogP) is 1.44. The van der Waals surface area contributed by atoms with Gasteiger partial charge in [0.15, 0.2) is 11.9 Å². The van der Waals surface area contributed by atoms with Crippen LogP contribution in [0.15, 0.2) is 9.98 Å². The Kier molecular flexibility index (Phi) is 7.34. The Hall–Kier alpha value is -1.26. The quantitative estimate of drug-likeness (QED) is 0.386. The Labute approximate surface area is 105 Å². The average molecular weight is 241 g/mol. The maximum Gasteiger partial charge on any atom is 0.195 e. The number of rotatable bonds is 5. The van der Waals surface area contributed by atoms with Crippen LogP contribution in [0.4, 0.5) is 0 Å². The summed E-state index contributed by atoms with van der Waals surface area (Å²) in [7, 11) is 0. The maximum atomic E-state index is 5.67. The van der Waals surface area contributed by atoms with Crippen molar-refractivity contribution in [3.8, 4) is 0 Å². The molecule has 0 radical (unpaired) electrons. The fourth-order valence-electron chi connectivity index (χ4n) is 1.25. The maximum absolute atomic E-state index is 5.67. The summed E-state index contributed by atoms with van der Waals surface area (Å²) in [6, 6.07) is 0. The van der Waals surface area contributed by atoms with Crippen molar-refractivity contribution in [2.75, 3.05) is 13.1 Å². The van der Waals surface area contributed by atoms with E-state index < -0.39 is 0 Å². The van der Waals surface area contributed by atoms with Gasteiger partial charge in [0.25, 0.3) is 0 Å². The van der Waals surface area contributed by atoms with Crippen LogP contribution in [-0.2, 0) is 0 Å². The van der Waals surface area contributed by atoms with Crippen LogP contribution in [-0.4, -0.2) is 25.0 Å². The summed E-state index contributed by atoms with van der Waals surface area (Å²) in [6.45, 7) is 10.1. The van der Waals surface area contributed by atoms with Crippen LogP contribution in [0.3, 0.4) is 0 Å². The first-order valence-electron chi connectivity index (χ1n) is 6.22. The number of guanidine groups is 2. The number of nitrogens with zero attached hydrogens (tertiary/aromatic N) is 2. The lowest BCUT2D eigenvalue weighted by Gasteiger charge is -2.16. The van der Waals surface area contributed by atoms with Crippen molar-refractivity contribution >= 4 is 11.9 Å². The average Bonchev–Trinajstić information content (AvgIpc) is 2.20. The van der Waals surface area contributed by atoms with Gasteiger partial charge in [-0.05, 0) is 24.7 Å². The first kappa shape index (κ1) is 15.7. The summed E-state index contributed by atoms with van der Waals surface area (Å²) >= 11 is 0. The van der Waals surface area contributed by atoms with Gasteiger partial charge in [0, 0.05) is 13.1 Å². The third-order valence-corrected chi connectivity index (χ3v) is 2.13. The van der Waals surface area contributed by atoms with Gasteiger partial charge >= 0.3 is 0 Å². The van der Waals surface area contributed by atoms with E-state index in [1.807, 2.05) is 6.92 Å². The molecule has 0 fully saturated rings. The zero-order valence-corrected chi connectivity index (χ0v) is 11.6. The summed E-state index contributed by atoms with van der Waals surface area (Å²) in [4.78, 5) is 8.27. The van der Waals surface area contributed by atoms with Gasteiger partial charge in [0.1, 0.15) is 0 Å². The van der Waals surface area contributed by atoms with Crippen LogP contribution in [0, 0.1) is 5.41 Å². The minimum Gasteiger partial charge on any atom is -0.370 e. The SMILES string of the molecule is CCCN=C(N)NC(N)=NCCCC(C)(C)C. The molecule has 0 spiro atoms. The molecule has 5 N–H and O–H groups in total. The molecule has 0 unspecified atom stereocenters. The lowest BCUT2D eigenvalue weighted by Crippen LogP contribution is -2.41. The highest BCUT2D eigenvalue weighted by Crippen LogP contribution is 2.20. The Morgan fingerprint density at radius 2 is 1.59 bits per heavy atom. The summed E-state index contributed by atoms with van der Waals surface area (Å²) in [6.07, 6.45) is 3.12. The second kappa shape index (κ2) is 7.92. The van der Waals surface area contributed by atoms with Gasteiger partial charge in [-0.25, -0.2) is 0 Å². The van der Waals surface area contributed by atoms with Crippen molar-refractivity contribution in [2.45, 2.75) is 47.0 Å². The highest BCUT2D eigenvalue weighted by Gasteiger charge is 2.08. The predicted molar refractivity (Wildman–Crippen MR) is 75.1 cm³/mol. The summed E-state index contributed by atoms with van der Waals surface area (Å²) < 4.78 is 0. The molecular weight excluding hydrogens is 214 g/mol. The van der Waals surface area contributed by atoms with E-state index in [0.717, 1.165) is 25.8 Å². The molecule has 0 rings (SSSR count). The molecule has 0 aliphatic carbocycles. The molecule has 0 aliphatic rings. The zero-order valence-electron chi connectivity index (χ0n) is 11.6. The number of aliphatic imine (C=N–C) groups is 2. The van der Waals surface area contributed by atoms with Crippen LogP contribution in [0.25, 0.3) is 0 Å². The lowest BCUT2D eigenvalue weighted by atomic mass is 9.91. The first-order chi connectivity index (χ1) is 7.85. The topological polar surface area (TPSA) is 88.8 Å². The Balaban J connectivity index is 3.86. The third-order valence-electron chi connectivity index (χ3n) is 2.13. The van der Waals surface area contributed by atoms with Gasteiger partial charge in [0.05, 0.1) is 0 Å². The Morgan fingerprint density at radius 1 is 1.06 bits per heavy atom. The van der Waals surface area contributed by atoms with E-state index >= 15 is 0 Å². The van der Waals surface area contributed by atoms with Crippen LogP contribution in [0.1, 0.15) is 47.0 Å². The molecule has 100 valence electrons. The molecule has 0 bridgehead atoms. The molecule has 5 nitrogen and oxygen atoms in total. The van der Waals surface area contributed by atoms with E-state index in [0.29, 0.717) is 23.9 Å². The van der Waals surface area contributed by atoms with Gasteiger partial charge in [-0.2, -0.15) is 0 Å². The smallest absolute Gasteiger partial charge is 0.195 e. The van der Waals surface area contributed by atoms with Crippen LogP contribution in [0.2, 0.25) is 0 Å². The van der Waals surface area contributed by atoms with Gasteiger partial charge in [0.2, 0.25) is 0 Å². The molecule has 0 amide bonds. The third kappa shape index (κ3) is 11.0. The summed E-state index contributed by atoms with van der Waals surface area (Å²) in [5.41, 5.74) is 11.6. The number of hydrogen-bond acceptors (Lipinski definition) is 2. The molecule has 0 aromatic rings. The molecule has 0 aromatic heterocycles. The van der Waals surface area contributed by atoms with E-state index in [1.165, 1.54) is 0 Å². The number of nitrogens with one attached hydrogen (secondary N) is 1. The second-order valence-corrected chi connectivity index (χ2v) is 5.32. The van der Waals surface area contributed by atoms with Gasteiger partial charge < -0.3 is 11.5 Å². The standard InChI is InChI=1S/C12H27N5/c1-5-8-15-10(13)17-11(14)16-9-6-7-12(2,3)4/h5-9H2,1-4H3,(H5,13,14,15,16,17). The first-order valence-corrected chi connectivity index (χ1v) is 6.22. The molecule has 17 heavy (non-hydrogen) atoms. The monoisotopic (exact) mass is 241 g/mol. The normalized spacial score (nSPS) is 13.9. The minimum atomic E-state index is 0.337. The molecular formula is C12H27N5. The van der Waals surface area contributed by atoms with E-state index in [2.05, 4.69) is 36.1 Å². The molecule has 0 atom stereocenters. The summed E-state index contributed by atoms with van der Waals surface area (Å²) in [5.74, 6) is 0.681. The van der Waals surface area contributed by atoms with E-state index in [-0.39, 0.29) is 0 Å². The summed E-state index contributed by atoms with van der Waals surface area (Å²) in [5, 5.41) is 2.77. The van der Waals surface area contributed by atoms with Gasteiger partial charge in [-0.3, -0.25) is 15.3 Å². The van der Waals surface area contributed by atoms with Crippen molar-refractivity contribution in [3.05, 3.63) is 0 Å². The van der Waals surface area contributed by atoms with Crippen molar-refractivity contribution < 1.29 is 0 Å². The van der Waals surface area contributed by atoms with Crippen molar-refractivity contribution in [2.24, 2.45) is 26.9 Å². The van der Waals surface area contributed by atoms with Crippen LogP contribution < -0.4 is 16.8 Å². The fraction of sp³-hybridized carbons (Fsp3) is 0.833. The van der Waals surface area contributed by atoms with Crippen LogP contribution in [0.5, 0.6) is 0 Å². The molecule has 0 aliphatic heterocycles.